The van der Waals surface area contributed by atoms with Crippen LogP contribution in [-0.4, -0.2) is 46.8 Å². The molecule has 1 unspecified atom stereocenters. The van der Waals surface area contributed by atoms with Crippen LogP contribution in [0.3, 0.4) is 0 Å². The summed E-state index contributed by atoms with van der Waals surface area (Å²) in [6.07, 6.45) is 7.96. The van der Waals surface area contributed by atoms with Crippen LogP contribution >= 0.6 is 0 Å². The number of ether oxygens (including phenoxy) is 1. The lowest BCUT2D eigenvalue weighted by Crippen LogP contribution is -2.18. The van der Waals surface area contributed by atoms with Gasteiger partial charge in [0, 0.05) is 12.6 Å². The largest absolute Gasteiger partial charge is 0.478 e. The number of imidazole rings is 2. The smallest absolute Gasteiger partial charge is 0.340 e. The first-order valence-electron chi connectivity index (χ1n) is 11.5. The summed E-state index contributed by atoms with van der Waals surface area (Å²) in [5.74, 6) is -0.884. The number of rotatable bonds is 6. The molecule has 2 N–H and O–H groups in total. The van der Waals surface area contributed by atoms with E-state index in [0.717, 1.165) is 38.2 Å². The summed E-state index contributed by atoms with van der Waals surface area (Å²) < 4.78 is 24.1. The van der Waals surface area contributed by atoms with Crippen LogP contribution in [0, 0.1) is 5.82 Å². The Morgan fingerprint density at radius 3 is 2.82 bits per heavy atom. The maximum atomic E-state index is 14.4. The molecule has 1 saturated carbocycles. The van der Waals surface area contributed by atoms with Crippen molar-refractivity contribution in [2.75, 3.05) is 11.9 Å². The molecule has 4 aromatic rings. The second-order valence-corrected chi connectivity index (χ2v) is 8.90. The second kappa shape index (κ2) is 8.01. The van der Waals surface area contributed by atoms with Crippen LogP contribution in [0.2, 0.25) is 0 Å². The van der Waals surface area contributed by atoms with Crippen molar-refractivity contribution in [3.8, 4) is 0 Å². The van der Waals surface area contributed by atoms with Gasteiger partial charge in [-0.15, -0.1) is 0 Å². The van der Waals surface area contributed by atoms with Crippen LogP contribution < -0.4 is 5.32 Å². The third kappa shape index (κ3) is 3.38. The Kier molecular flexibility index (Phi) is 4.94. The van der Waals surface area contributed by atoms with Gasteiger partial charge in [-0.05, 0) is 51.2 Å². The minimum Gasteiger partial charge on any atom is -0.478 e. The molecule has 1 saturated heterocycles. The Morgan fingerprint density at radius 1 is 1.24 bits per heavy atom. The highest BCUT2D eigenvalue weighted by Gasteiger charge is 2.33. The first-order chi connectivity index (χ1) is 16.5. The van der Waals surface area contributed by atoms with Gasteiger partial charge in [0.05, 0.1) is 23.4 Å². The van der Waals surface area contributed by atoms with E-state index < -0.39 is 11.8 Å². The van der Waals surface area contributed by atoms with Gasteiger partial charge in [0.25, 0.3) is 0 Å². The summed E-state index contributed by atoms with van der Waals surface area (Å²) in [7, 11) is 0. The number of anilines is 1. The van der Waals surface area contributed by atoms with Gasteiger partial charge in [-0.2, -0.15) is 0 Å². The highest BCUT2D eigenvalue weighted by atomic mass is 19.1. The minimum absolute atomic E-state index is 0.0947. The van der Waals surface area contributed by atoms with E-state index in [0.29, 0.717) is 40.4 Å². The number of aromatic carboxylic acids is 1. The standard InChI is InChI=1S/C23H24FN7O3/c1-12(21-29-15-8-7-14(24)17(23(32)33)19(15)31(21)13-5-6-13)28-20-18-22(26-10-25-20)30(11-27-18)16-4-2-3-9-34-16/h7-8,10-13,16H,2-6,9H2,1H3,(H,32,33)(H,25,26,28)/t12-,16?/m0/s1. The van der Waals surface area contributed by atoms with Crippen LogP contribution in [0.1, 0.15) is 73.5 Å². The van der Waals surface area contributed by atoms with E-state index in [1.807, 2.05) is 16.1 Å². The molecule has 2 atom stereocenters. The van der Waals surface area contributed by atoms with Gasteiger partial charge in [-0.25, -0.2) is 29.1 Å². The highest BCUT2D eigenvalue weighted by molar-refractivity contribution is 6.01. The molecule has 4 heterocycles. The van der Waals surface area contributed by atoms with Gasteiger partial charge in [0.1, 0.15) is 29.8 Å². The van der Waals surface area contributed by atoms with Crippen molar-refractivity contribution in [2.45, 2.75) is 57.3 Å². The SMILES string of the molecule is C[C@H](Nc1ncnc2c1ncn2C1CCCCO1)c1nc2ccc(F)c(C(=O)O)c2n1C1CC1. The Morgan fingerprint density at radius 2 is 2.09 bits per heavy atom. The van der Waals surface area contributed by atoms with Gasteiger partial charge in [-0.3, -0.25) is 4.57 Å². The van der Waals surface area contributed by atoms with E-state index in [1.54, 1.807) is 6.33 Å². The maximum Gasteiger partial charge on any atom is 0.340 e. The first-order valence-corrected chi connectivity index (χ1v) is 11.5. The molecule has 176 valence electrons. The number of carbonyl (C=O) groups is 1. The monoisotopic (exact) mass is 465 g/mol. The molecule has 0 spiro atoms. The van der Waals surface area contributed by atoms with E-state index in [9.17, 15) is 14.3 Å². The van der Waals surface area contributed by atoms with Crippen LogP contribution in [0.5, 0.6) is 0 Å². The number of aromatic nitrogens is 6. The number of hydrogen-bond acceptors (Lipinski definition) is 7. The summed E-state index contributed by atoms with van der Waals surface area (Å²) >= 11 is 0. The average molecular weight is 465 g/mol. The number of halogens is 1. The predicted molar refractivity (Wildman–Crippen MR) is 121 cm³/mol. The van der Waals surface area contributed by atoms with Crippen molar-refractivity contribution in [1.29, 1.82) is 0 Å². The van der Waals surface area contributed by atoms with E-state index in [1.165, 1.54) is 12.4 Å². The van der Waals surface area contributed by atoms with Crippen molar-refractivity contribution in [2.24, 2.45) is 0 Å². The number of nitrogens with one attached hydrogen (secondary N) is 1. The topological polar surface area (TPSA) is 120 Å². The number of nitrogens with zero attached hydrogens (tertiary/aromatic N) is 6. The molecule has 34 heavy (non-hydrogen) atoms. The van der Waals surface area contributed by atoms with E-state index in [4.69, 9.17) is 9.72 Å². The summed E-state index contributed by atoms with van der Waals surface area (Å²) in [6, 6.07) is 2.44. The Balaban J connectivity index is 1.39. The molecular weight excluding hydrogens is 441 g/mol. The van der Waals surface area contributed by atoms with Gasteiger partial charge < -0.3 is 19.7 Å². The van der Waals surface area contributed by atoms with Crippen molar-refractivity contribution in [3.63, 3.8) is 0 Å². The average Bonchev–Trinajstić information content (AvgIpc) is 3.45. The van der Waals surface area contributed by atoms with Crippen LogP contribution in [0.25, 0.3) is 22.2 Å². The normalized spacial score (nSPS) is 19.5. The van der Waals surface area contributed by atoms with E-state index >= 15 is 0 Å². The lowest BCUT2D eigenvalue weighted by atomic mass is 10.1. The molecule has 0 amide bonds. The van der Waals surface area contributed by atoms with Gasteiger partial charge >= 0.3 is 5.97 Å². The lowest BCUT2D eigenvalue weighted by molar-refractivity contribution is -0.0298. The molecule has 0 radical (unpaired) electrons. The zero-order valence-electron chi connectivity index (χ0n) is 18.6. The Labute approximate surface area is 193 Å². The van der Waals surface area contributed by atoms with Crippen LogP contribution in [0.15, 0.2) is 24.8 Å². The molecule has 1 aliphatic carbocycles. The number of carboxylic acid groups (broad SMARTS) is 1. The number of fused-ring (bicyclic) bond motifs is 2. The molecule has 3 aromatic heterocycles. The third-order valence-corrected chi connectivity index (χ3v) is 6.52. The first kappa shape index (κ1) is 21.0. The molecule has 10 nitrogen and oxygen atoms in total. The Bertz CT molecular complexity index is 1400. The third-order valence-electron chi connectivity index (χ3n) is 6.52. The molecular formula is C23H24FN7O3. The summed E-state index contributed by atoms with van der Waals surface area (Å²) in [5.41, 5.74) is 1.74. The van der Waals surface area contributed by atoms with Crippen molar-refractivity contribution in [1.82, 2.24) is 29.1 Å². The predicted octanol–water partition coefficient (Wildman–Crippen LogP) is 4.22. The molecule has 1 aliphatic heterocycles. The summed E-state index contributed by atoms with van der Waals surface area (Å²) in [6.45, 7) is 2.64. The zero-order chi connectivity index (χ0) is 23.4. The molecule has 6 rings (SSSR count). The number of hydrogen-bond donors (Lipinski definition) is 2. The minimum atomic E-state index is -1.30. The van der Waals surface area contributed by atoms with Crippen LogP contribution in [0.4, 0.5) is 10.2 Å². The molecule has 0 bridgehead atoms. The lowest BCUT2D eigenvalue weighted by Gasteiger charge is -2.23. The number of benzene rings is 1. The summed E-state index contributed by atoms with van der Waals surface area (Å²) in [4.78, 5) is 29.9. The van der Waals surface area contributed by atoms with E-state index in [-0.39, 0.29) is 23.9 Å². The number of carboxylic acids is 1. The molecule has 1 aromatic carbocycles. The fourth-order valence-corrected chi connectivity index (χ4v) is 4.77. The van der Waals surface area contributed by atoms with Gasteiger partial charge in [0.15, 0.2) is 17.0 Å². The van der Waals surface area contributed by atoms with Crippen molar-refractivity contribution in [3.05, 3.63) is 42.0 Å². The van der Waals surface area contributed by atoms with Crippen LogP contribution in [-0.2, 0) is 4.74 Å². The summed E-state index contributed by atoms with van der Waals surface area (Å²) in [5, 5.41) is 13.0. The van der Waals surface area contributed by atoms with E-state index in [2.05, 4.69) is 20.3 Å². The Hall–Kier alpha value is -3.60. The van der Waals surface area contributed by atoms with Crippen molar-refractivity contribution >= 4 is 34.0 Å². The van der Waals surface area contributed by atoms with Gasteiger partial charge in [-0.1, -0.05) is 0 Å². The molecule has 2 fully saturated rings. The van der Waals surface area contributed by atoms with Gasteiger partial charge in [0.2, 0.25) is 0 Å². The fraction of sp³-hybridized carbons (Fsp3) is 0.435. The highest BCUT2D eigenvalue weighted by Crippen LogP contribution is 2.41. The van der Waals surface area contributed by atoms with Crippen molar-refractivity contribution < 1.29 is 19.0 Å². The quantitative estimate of drug-likeness (QED) is 0.434. The second-order valence-electron chi connectivity index (χ2n) is 8.90. The fourth-order valence-electron chi connectivity index (χ4n) is 4.77. The molecule has 11 heteroatoms. The maximum absolute atomic E-state index is 14.4. The molecule has 2 aliphatic rings. The zero-order valence-corrected chi connectivity index (χ0v) is 18.6.